The summed E-state index contributed by atoms with van der Waals surface area (Å²) in [6.07, 6.45) is 2.30. The largest absolute Gasteiger partial charge is 0.326 e. The van der Waals surface area contributed by atoms with Gasteiger partial charge < -0.3 is 5.73 Å². The molecule has 0 bridgehead atoms. The maximum atomic E-state index is 6.04. The molecule has 0 rings (SSSR count). The third-order valence-electron chi connectivity index (χ3n) is 3.24. The zero-order valence-corrected chi connectivity index (χ0v) is 10.7. The van der Waals surface area contributed by atoms with E-state index >= 15 is 0 Å². The summed E-state index contributed by atoms with van der Waals surface area (Å²) in [5.74, 6) is 0.762. The van der Waals surface area contributed by atoms with Gasteiger partial charge in [0.15, 0.2) is 0 Å². The molecule has 0 amide bonds. The van der Waals surface area contributed by atoms with Gasteiger partial charge >= 0.3 is 0 Å². The van der Waals surface area contributed by atoms with E-state index in [1.165, 1.54) is 6.42 Å². The van der Waals surface area contributed by atoms with Crippen molar-refractivity contribution in [2.45, 2.75) is 65.6 Å². The first-order valence-electron chi connectivity index (χ1n) is 5.87. The SMILES string of the molecule is CCC(N)C(C)N(C)C(C)CC(C)C. The van der Waals surface area contributed by atoms with Crippen molar-refractivity contribution in [1.29, 1.82) is 0 Å². The Kier molecular flexibility index (Phi) is 6.38. The van der Waals surface area contributed by atoms with Crippen molar-refractivity contribution in [3.8, 4) is 0 Å². The molecule has 2 nitrogen and oxygen atoms in total. The Labute approximate surface area is 89.9 Å². The van der Waals surface area contributed by atoms with Crippen molar-refractivity contribution < 1.29 is 0 Å². The van der Waals surface area contributed by atoms with Crippen LogP contribution in [0.4, 0.5) is 0 Å². The molecule has 0 aliphatic carbocycles. The number of nitrogens with zero attached hydrogens (tertiary/aromatic N) is 1. The first-order valence-corrected chi connectivity index (χ1v) is 5.87. The van der Waals surface area contributed by atoms with Crippen LogP contribution in [0.5, 0.6) is 0 Å². The molecule has 0 radical (unpaired) electrons. The van der Waals surface area contributed by atoms with Gasteiger partial charge in [-0.2, -0.15) is 0 Å². The Balaban J connectivity index is 4.09. The molecule has 3 unspecified atom stereocenters. The van der Waals surface area contributed by atoms with Crippen LogP contribution in [0, 0.1) is 5.92 Å². The maximum absolute atomic E-state index is 6.04. The summed E-state index contributed by atoms with van der Waals surface area (Å²) in [6, 6.07) is 1.41. The van der Waals surface area contributed by atoms with Crippen LogP contribution in [0.15, 0.2) is 0 Å². The Morgan fingerprint density at radius 1 is 1.14 bits per heavy atom. The van der Waals surface area contributed by atoms with E-state index in [9.17, 15) is 0 Å². The molecule has 0 aromatic rings. The number of hydrogen-bond donors (Lipinski definition) is 1. The summed E-state index contributed by atoms with van der Waals surface area (Å²) >= 11 is 0. The van der Waals surface area contributed by atoms with Crippen molar-refractivity contribution >= 4 is 0 Å². The van der Waals surface area contributed by atoms with Gasteiger partial charge in [-0.3, -0.25) is 4.90 Å². The van der Waals surface area contributed by atoms with Gasteiger partial charge in [0.2, 0.25) is 0 Å². The monoisotopic (exact) mass is 200 g/mol. The zero-order chi connectivity index (χ0) is 11.3. The first-order chi connectivity index (χ1) is 6.40. The molecular weight excluding hydrogens is 172 g/mol. The molecule has 0 saturated heterocycles. The molecule has 2 N–H and O–H groups in total. The van der Waals surface area contributed by atoms with Gasteiger partial charge in [-0.1, -0.05) is 20.8 Å². The van der Waals surface area contributed by atoms with Gasteiger partial charge in [0.1, 0.15) is 0 Å². The number of nitrogens with two attached hydrogens (primary N) is 1. The molecule has 0 aliphatic heterocycles. The highest BCUT2D eigenvalue weighted by atomic mass is 15.2. The van der Waals surface area contributed by atoms with E-state index in [-0.39, 0.29) is 0 Å². The molecule has 0 aromatic heterocycles. The average Bonchev–Trinajstić information content (AvgIpc) is 2.13. The molecule has 0 fully saturated rings. The van der Waals surface area contributed by atoms with Crippen LogP contribution in [-0.4, -0.2) is 30.1 Å². The van der Waals surface area contributed by atoms with Crippen LogP contribution >= 0.6 is 0 Å². The molecule has 86 valence electrons. The van der Waals surface area contributed by atoms with Gasteiger partial charge in [0.25, 0.3) is 0 Å². The predicted molar refractivity (Wildman–Crippen MR) is 64.4 cm³/mol. The number of rotatable bonds is 6. The lowest BCUT2D eigenvalue weighted by atomic mass is 10.0. The van der Waals surface area contributed by atoms with Gasteiger partial charge in [-0.05, 0) is 39.7 Å². The van der Waals surface area contributed by atoms with E-state index in [0.717, 1.165) is 12.3 Å². The quantitative estimate of drug-likeness (QED) is 0.714. The molecule has 0 saturated carbocycles. The third-order valence-corrected chi connectivity index (χ3v) is 3.24. The summed E-state index contributed by atoms with van der Waals surface area (Å²) in [5.41, 5.74) is 6.04. The van der Waals surface area contributed by atoms with Gasteiger partial charge in [-0.15, -0.1) is 0 Å². The van der Waals surface area contributed by atoms with E-state index < -0.39 is 0 Å². The van der Waals surface area contributed by atoms with Crippen LogP contribution in [-0.2, 0) is 0 Å². The normalized spacial score (nSPS) is 18.6. The molecular formula is C12H28N2. The van der Waals surface area contributed by atoms with Crippen LogP contribution in [0.2, 0.25) is 0 Å². The van der Waals surface area contributed by atoms with Crippen molar-refractivity contribution in [3.63, 3.8) is 0 Å². The fraction of sp³-hybridized carbons (Fsp3) is 1.00. The van der Waals surface area contributed by atoms with Crippen LogP contribution < -0.4 is 5.73 Å². The Hall–Kier alpha value is -0.0800. The van der Waals surface area contributed by atoms with Gasteiger partial charge in [-0.25, -0.2) is 0 Å². The third kappa shape index (κ3) is 4.43. The smallest absolute Gasteiger partial charge is 0.0218 e. The summed E-state index contributed by atoms with van der Waals surface area (Å²) in [5, 5.41) is 0. The molecule has 0 heterocycles. The molecule has 0 aromatic carbocycles. The summed E-state index contributed by atoms with van der Waals surface area (Å²) < 4.78 is 0. The minimum Gasteiger partial charge on any atom is -0.326 e. The molecule has 14 heavy (non-hydrogen) atoms. The second-order valence-electron chi connectivity index (χ2n) is 4.96. The lowest BCUT2D eigenvalue weighted by molar-refractivity contribution is 0.153. The van der Waals surface area contributed by atoms with Gasteiger partial charge in [0.05, 0.1) is 0 Å². The van der Waals surface area contributed by atoms with E-state index in [1.54, 1.807) is 0 Å². The van der Waals surface area contributed by atoms with Crippen LogP contribution in [0.25, 0.3) is 0 Å². The van der Waals surface area contributed by atoms with E-state index in [2.05, 4.69) is 46.6 Å². The predicted octanol–water partition coefficient (Wildman–Crippen LogP) is 2.48. The minimum absolute atomic E-state index is 0.301. The highest BCUT2D eigenvalue weighted by Gasteiger charge is 2.20. The average molecular weight is 200 g/mol. The molecule has 2 heteroatoms. The summed E-state index contributed by atoms with van der Waals surface area (Å²) in [4.78, 5) is 2.41. The Morgan fingerprint density at radius 3 is 2.00 bits per heavy atom. The van der Waals surface area contributed by atoms with Crippen LogP contribution in [0.3, 0.4) is 0 Å². The van der Waals surface area contributed by atoms with E-state index in [0.29, 0.717) is 18.1 Å². The minimum atomic E-state index is 0.301. The lowest BCUT2D eigenvalue weighted by Crippen LogP contribution is -2.47. The first kappa shape index (κ1) is 13.9. The second-order valence-corrected chi connectivity index (χ2v) is 4.96. The topological polar surface area (TPSA) is 29.3 Å². The van der Waals surface area contributed by atoms with E-state index in [4.69, 9.17) is 5.73 Å². The summed E-state index contributed by atoms with van der Waals surface area (Å²) in [6.45, 7) is 11.2. The standard InChI is InChI=1S/C12H28N2/c1-7-12(13)11(5)14(6)10(4)8-9(2)3/h9-12H,7-8,13H2,1-6H3. The van der Waals surface area contributed by atoms with Crippen molar-refractivity contribution in [1.82, 2.24) is 4.90 Å². The molecule has 3 atom stereocenters. The fourth-order valence-electron chi connectivity index (χ4n) is 1.89. The second kappa shape index (κ2) is 6.41. The highest BCUT2D eigenvalue weighted by Crippen LogP contribution is 2.14. The van der Waals surface area contributed by atoms with Crippen molar-refractivity contribution in [2.75, 3.05) is 7.05 Å². The Bertz CT molecular complexity index is 145. The number of hydrogen-bond acceptors (Lipinski definition) is 2. The lowest BCUT2D eigenvalue weighted by Gasteiger charge is -2.34. The fourth-order valence-corrected chi connectivity index (χ4v) is 1.89. The molecule has 0 spiro atoms. The summed E-state index contributed by atoms with van der Waals surface area (Å²) in [7, 11) is 2.19. The highest BCUT2D eigenvalue weighted by molar-refractivity contribution is 4.79. The van der Waals surface area contributed by atoms with Crippen molar-refractivity contribution in [3.05, 3.63) is 0 Å². The number of likely N-dealkylation sites (N-methyl/N-ethyl adjacent to an activating group) is 1. The maximum Gasteiger partial charge on any atom is 0.0218 e. The van der Waals surface area contributed by atoms with Crippen LogP contribution in [0.1, 0.15) is 47.5 Å². The molecule has 0 aliphatic rings. The van der Waals surface area contributed by atoms with Crippen molar-refractivity contribution in [2.24, 2.45) is 11.7 Å². The van der Waals surface area contributed by atoms with E-state index in [1.807, 2.05) is 0 Å². The Morgan fingerprint density at radius 2 is 1.64 bits per heavy atom. The van der Waals surface area contributed by atoms with Gasteiger partial charge in [0, 0.05) is 18.1 Å². The zero-order valence-electron chi connectivity index (χ0n) is 10.7.